The molecule has 0 spiro atoms. The Hall–Kier alpha value is -0.610. The lowest BCUT2D eigenvalue weighted by Gasteiger charge is -2.42. The van der Waals surface area contributed by atoms with Gasteiger partial charge in [0.1, 0.15) is 0 Å². The van der Waals surface area contributed by atoms with Gasteiger partial charge in [0.25, 0.3) is 0 Å². The minimum atomic E-state index is 0.202. The van der Waals surface area contributed by atoms with Gasteiger partial charge in [-0.15, -0.1) is 0 Å². The van der Waals surface area contributed by atoms with Gasteiger partial charge in [-0.05, 0) is 33.0 Å². The number of rotatable bonds is 5. The van der Waals surface area contributed by atoms with Gasteiger partial charge < -0.3 is 15.5 Å². The van der Waals surface area contributed by atoms with Crippen LogP contribution in [0.1, 0.15) is 19.8 Å². The summed E-state index contributed by atoms with van der Waals surface area (Å²) in [6.07, 6.45) is 2.18. The average Bonchev–Trinajstić information content (AvgIpc) is 2.08. The van der Waals surface area contributed by atoms with Gasteiger partial charge >= 0.3 is 0 Å². The fourth-order valence-corrected chi connectivity index (χ4v) is 1.86. The number of carbonyl (C=O) groups excluding carboxylic acids is 1. The van der Waals surface area contributed by atoms with Crippen molar-refractivity contribution >= 4 is 5.91 Å². The van der Waals surface area contributed by atoms with E-state index in [1.807, 2.05) is 4.90 Å². The Balaban J connectivity index is 2.20. The van der Waals surface area contributed by atoms with Gasteiger partial charge in [-0.25, -0.2) is 0 Å². The third-order valence-electron chi connectivity index (χ3n) is 2.81. The molecule has 0 saturated carbocycles. The quantitative estimate of drug-likeness (QED) is 0.672. The highest BCUT2D eigenvalue weighted by Crippen LogP contribution is 2.17. The molecule has 0 aliphatic carbocycles. The van der Waals surface area contributed by atoms with Gasteiger partial charge in [0.15, 0.2) is 0 Å². The van der Waals surface area contributed by atoms with E-state index in [-0.39, 0.29) is 5.91 Å². The fraction of sp³-hybridized carbons (Fsp3) is 0.900. The third-order valence-corrected chi connectivity index (χ3v) is 2.81. The van der Waals surface area contributed by atoms with Crippen molar-refractivity contribution in [3.05, 3.63) is 0 Å². The maximum absolute atomic E-state index is 11.1. The molecule has 2 N–H and O–H groups in total. The number of likely N-dealkylation sites (tertiary alicyclic amines) is 1. The van der Waals surface area contributed by atoms with Crippen molar-refractivity contribution in [1.29, 1.82) is 0 Å². The van der Waals surface area contributed by atoms with Crippen molar-refractivity contribution in [3.63, 3.8) is 0 Å². The molecule has 0 aromatic rings. The van der Waals surface area contributed by atoms with E-state index in [4.69, 9.17) is 5.73 Å². The van der Waals surface area contributed by atoms with Crippen LogP contribution in [0.5, 0.6) is 0 Å². The molecule has 14 heavy (non-hydrogen) atoms. The van der Waals surface area contributed by atoms with Gasteiger partial charge in [-0.2, -0.15) is 0 Å². The van der Waals surface area contributed by atoms with Gasteiger partial charge in [0.2, 0.25) is 5.91 Å². The topological polar surface area (TPSA) is 49.6 Å². The molecule has 1 aliphatic heterocycles. The first kappa shape index (κ1) is 11.5. The van der Waals surface area contributed by atoms with Crippen LogP contribution in [0.4, 0.5) is 0 Å². The smallest absolute Gasteiger partial charge is 0.219 e. The van der Waals surface area contributed by atoms with E-state index < -0.39 is 0 Å². The summed E-state index contributed by atoms with van der Waals surface area (Å²) in [4.78, 5) is 15.3. The lowest BCUT2D eigenvalue weighted by Crippen LogP contribution is -2.54. The Morgan fingerprint density at radius 1 is 1.64 bits per heavy atom. The molecular weight excluding hydrogens is 178 g/mol. The van der Waals surface area contributed by atoms with Crippen LogP contribution in [0.25, 0.3) is 0 Å². The van der Waals surface area contributed by atoms with Crippen molar-refractivity contribution in [3.8, 4) is 0 Å². The molecule has 1 unspecified atom stereocenters. The molecule has 0 aromatic carbocycles. The normalized spacial score (nSPS) is 21.1. The highest BCUT2D eigenvalue weighted by atomic mass is 16.2. The minimum absolute atomic E-state index is 0.202. The van der Waals surface area contributed by atoms with Crippen LogP contribution in [0.2, 0.25) is 0 Å². The van der Waals surface area contributed by atoms with E-state index in [1.54, 1.807) is 6.92 Å². The zero-order valence-corrected chi connectivity index (χ0v) is 9.20. The predicted octanol–water partition coefficient (Wildman–Crippen LogP) is -0.112. The van der Waals surface area contributed by atoms with Crippen molar-refractivity contribution in [2.75, 3.05) is 33.2 Å². The maximum atomic E-state index is 11.1. The highest BCUT2D eigenvalue weighted by molar-refractivity contribution is 5.74. The molecule has 1 amide bonds. The summed E-state index contributed by atoms with van der Waals surface area (Å²) >= 11 is 0. The Morgan fingerprint density at radius 3 is 2.79 bits per heavy atom. The predicted molar refractivity (Wildman–Crippen MR) is 57.0 cm³/mol. The summed E-state index contributed by atoms with van der Waals surface area (Å²) in [6.45, 7) is 5.33. The summed E-state index contributed by atoms with van der Waals surface area (Å²) < 4.78 is 0. The minimum Gasteiger partial charge on any atom is -0.339 e. The van der Waals surface area contributed by atoms with E-state index in [0.717, 1.165) is 39.0 Å². The maximum Gasteiger partial charge on any atom is 0.219 e. The number of likely N-dealkylation sites (N-methyl/N-ethyl adjacent to an activating group) is 1. The molecule has 4 nitrogen and oxygen atoms in total. The largest absolute Gasteiger partial charge is 0.339 e. The summed E-state index contributed by atoms with van der Waals surface area (Å²) in [5.74, 6) is 0.202. The zero-order chi connectivity index (χ0) is 10.6. The van der Waals surface area contributed by atoms with E-state index in [9.17, 15) is 4.79 Å². The Morgan fingerprint density at radius 2 is 2.36 bits per heavy atom. The van der Waals surface area contributed by atoms with E-state index in [2.05, 4.69) is 11.9 Å². The molecule has 4 heteroatoms. The molecule has 82 valence electrons. The molecule has 1 saturated heterocycles. The summed E-state index contributed by atoms with van der Waals surface area (Å²) in [6, 6.07) is 0.440. The Kier molecular flexibility index (Phi) is 4.35. The molecule has 1 heterocycles. The first-order valence-corrected chi connectivity index (χ1v) is 5.31. The average molecular weight is 199 g/mol. The number of nitrogens with zero attached hydrogens (tertiary/aromatic N) is 2. The van der Waals surface area contributed by atoms with Crippen LogP contribution in [-0.2, 0) is 4.79 Å². The molecule has 0 aromatic heterocycles. The lowest BCUT2D eigenvalue weighted by atomic mass is 10.0. The van der Waals surface area contributed by atoms with Crippen LogP contribution in [-0.4, -0.2) is 55.0 Å². The molecule has 1 rings (SSSR count). The third kappa shape index (κ3) is 2.96. The molecule has 0 radical (unpaired) electrons. The van der Waals surface area contributed by atoms with E-state index in [1.165, 1.54) is 0 Å². The zero-order valence-electron chi connectivity index (χ0n) is 9.20. The summed E-state index contributed by atoms with van der Waals surface area (Å²) in [5.41, 5.74) is 5.44. The van der Waals surface area contributed by atoms with E-state index in [0.29, 0.717) is 6.04 Å². The van der Waals surface area contributed by atoms with Gasteiger partial charge in [0.05, 0.1) is 0 Å². The van der Waals surface area contributed by atoms with Crippen LogP contribution in [0.3, 0.4) is 0 Å². The Bertz CT molecular complexity index is 196. The van der Waals surface area contributed by atoms with Crippen molar-refractivity contribution in [1.82, 2.24) is 9.80 Å². The summed E-state index contributed by atoms with van der Waals surface area (Å²) in [7, 11) is 2.09. The van der Waals surface area contributed by atoms with Crippen LogP contribution in [0, 0.1) is 0 Å². The van der Waals surface area contributed by atoms with Crippen molar-refractivity contribution in [2.24, 2.45) is 5.73 Å². The summed E-state index contributed by atoms with van der Waals surface area (Å²) in [5, 5.41) is 0. The van der Waals surface area contributed by atoms with E-state index >= 15 is 0 Å². The first-order valence-electron chi connectivity index (χ1n) is 5.31. The molecule has 1 fully saturated rings. The van der Waals surface area contributed by atoms with Crippen LogP contribution < -0.4 is 5.73 Å². The second-order valence-electron chi connectivity index (χ2n) is 4.06. The highest BCUT2D eigenvalue weighted by Gasteiger charge is 2.30. The standard InChI is InChI=1S/C10H21N3O/c1-9(14)13-7-4-10(13)8-12(2)6-3-5-11/h10H,3-8,11H2,1-2H3. The molecule has 1 aliphatic rings. The van der Waals surface area contributed by atoms with Gasteiger partial charge in [-0.3, -0.25) is 4.79 Å². The van der Waals surface area contributed by atoms with Crippen LogP contribution >= 0.6 is 0 Å². The number of hydrogen-bond donors (Lipinski definition) is 1. The SMILES string of the molecule is CC(=O)N1CCC1CN(C)CCCN. The Labute approximate surface area is 86.0 Å². The molecule has 1 atom stereocenters. The number of hydrogen-bond acceptors (Lipinski definition) is 3. The molecular formula is C10H21N3O. The number of carbonyl (C=O) groups is 1. The first-order chi connectivity index (χ1) is 6.65. The monoisotopic (exact) mass is 199 g/mol. The van der Waals surface area contributed by atoms with Gasteiger partial charge in [-0.1, -0.05) is 0 Å². The van der Waals surface area contributed by atoms with Gasteiger partial charge in [0, 0.05) is 26.1 Å². The van der Waals surface area contributed by atoms with Crippen LogP contribution in [0.15, 0.2) is 0 Å². The number of amides is 1. The molecule has 0 bridgehead atoms. The fourth-order valence-electron chi connectivity index (χ4n) is 1.86. The second kappa shape index (κ2) is 5.32. The number of nitrogens with two attached hydrogens (primary N) is 1. The second-order valence-corrected chi connectivity index (χ2v) is 4.06. The lowest BCUT2D eigenvalue weighted by molar-refractivity contribution is -0.136. The van der Waals surface area contributed by atoms with Crippen molar-refractivity contribution in [2.45, 2.75) is 25.8 Å². The van der Waals surface area contributed by atoms with Crippen molar-refractivity contribution < 1.29 is 4.79 Å².